The van der Waals surface area contributed by atoms with Crippen LogP contribution in [-0.2, 0) is 4.79 Å². The van der Waals surface area contributed by atoms with Crippen molar-refractivity contribution in [2.24, 2.45) is 5.92 Å². The Morgan fingerprint density at radius 2 is 1.80 bits per heavy atom. The fraction of sp³-hybridized carbons (Fsp3) is 0.625. The summed E-state index contributed by atoms with van der Waals surface area (Å²) in [7, 11) is 0. The molecule has 160 valence electrons. The second kappa shape index (κ2) is 8.14. The lowest BCUT2D eigenvalue weighted by molar-refractivity contribution is -0.145. The van der Waals surface area contributed by atoms with Gasteiger partial charge in [-0.25, -0.2) is 4.68 Å². The highest BCUT2D eigenvalue weighted by Crippen LogP contribution is 2.41. The minimum Gasteiger partial charge on any atom is -0.389 e. The normalized spacial score (nSPS) is 27.9. The molecule has 2 aliphatic carbocycles. The number of aliphatic hydroxyl groups excluding tert-OH is 1. The molecule has 0 spiro atoms. The van der Waals surface area contributed by atoms with Crippen LogP contribution >= 0.6 is 0 Å². The van der Waals surface area contributed by atoms with Crippen LogP contribution in [0.3, 0.4) is 0 Å². The fourth-order valence-corrected chi connectivity index (χ4v) is 5.20. The van der Waals surface area contributed by atoms with E-state index in [4.69, 9.17) is 0 Å². The van der Waals surface area contributed by atoms with E-state index in [9.17, 15) is 9.90 Å². The Bertz CT molecular complexity index is 883. The zero-order valence-electron chi connectivity index (χ0n) is 17.8. The highest BCUT2D eigenvalue weighted by Gasteiger charge is 2.41. The number of carbonyl (C=O) groups excluding carboxylic acids is 1. The lowest BCUT2D eigenvalue weighted by Gasteiger charge is -2.44. The van der Waals surface area contributed by atoms with Crippen molar-refractivity contribution in [3.05, 3.63) is 47.3 Å². The van der Waals surface area contributed by atoms with Crippen LogP contribution in [0.4, 0.5) is 0 Å². The van der Waals surface area contributed by atoms with E-state index in [1.165, 1.54) is 24.8 Å². The van der Waals surface area contributed by atoms with Gasteiger partial charge in [0.05, 0.1) is 23.9 Å². The minimum absolute atomic E-state index is 0.0398. The number of hydrogen-bond donors (Lipinski definition) is 1. The van der Waals surface area contributed by atoms with Crippen LogP contribution in [0.1, 0.15) is 86.2 Å². The Labute approximate surface area is 178 Å². The van der Waals surface area contributed by atoms with E-state index in [1.807, 2.05) is 15.8 Å². The van der Waals surface area contributed by atoms with E-state index in [1.54, 1.807) is 0 Å². The molecule has 0 unspecified atom stereocenters. The van der Waals surface area contributed by atoms with Crippen LogP contribution in [0.2, 0.25) is 0 Å². The van der Waals surface area contributed by atoms with Crippen LogP contribution in [-0.4, -0.2) is 43.6 Å². The van der Waals surface area contributed by atoms with Crippen molar-refractivity contribution < 1.29 is 9.90 Å². The summed E-state index contributed by atoms with van der Waals surface area (Å²) in [5.74, 6) is 0.857. The first-order chi connectivity index (χ1) is 14.6. The zero-order valence-corrected chi connectivity index (χ0v) is 17.8. The SMILES string of the molecule is Cc1ccc([C@H]2C[C@@H](n3cc(C4CC4)nn3)[C@H](O)CN2C(=O)C2CCCCC2)cc1. The number of carbonyl (C=O) groups is 1. The highest BCUT2D eigenvalue weighted by atomic mass is 16.3. The van der Waals surface area contributed by atoms with Gasteiger partial charge in [-0.15, -0.1) is 5.10 Å². The topological polar surface area (TPSA) is 71.2 Å². The molecule has 2 saturated carbocycles. The van der Waals surface area contributed by atoms with Crippen LogP contribution < -0.4 is 0 Å². The van der Waals surface area contributed by atoms with Gasteiger partial charge in [0.2, 0.25) is 5.91 Å². The number of piperidine rings is 1. The Kier molecular flexibility index (Phi) is 5.35. The molecule has 1 aromatic carbocycles. The number of β-amino-alcohol motifs (C(OH)–C–C–N with tert-alkyl or cyclic N) is 1. The summed E-state index contributed by atoms with van der Waals surface area (Å²) in [6, 6.07) is 8.28. The van der Waals surface area contributed by atoms with E-state index >= 15 is 0 Å². The molecule has 6 nitrogen and oxygen atoms in total. The molecule has 0 radical (unpaired) electrons. The highest BCUT2D eigenvalue weighted by molar-refractivity contribution is 5.79. The number of aromatic nitrogens is 3. The third-order valence-corrected chi connectivity index (χ3v) is 7.23. The maximum atomic E-state index is 13.5. The van der Waals surface area contributed by atoms with Gasteiger partial charge in [-0.1, -0.05) is 54.3 Å². The predicted octanol–water partition coefficient (Wildman–Crippen LogP) is 3.92. The van der Waals surface area contributed by atoms with Gasteiger partial charge in [0.25, 0.3) is 0 Å². The Hall–Kier alpha value is -2.21. The minimum atomic E-state index is -0.631. The second-order valence-electron chi connectivity index (χ2n) is 9.52. The standard InChI is InChI=1S/C24H32N4O2/c1-16-7-9-18(10-8-16)21-13-22(28-14-20(25-26-28)17-11-12-17)23(29)15-27(21)24(30)19-5-3-2-4-6-19/h7-10,14,17,19,21-23,29H,2-6,11-13,15H2,1H3/t21-,22-,23-/m1/s1. The van der Waals surface area contributed by atoms with Crippen molar-refractivity contribution in [3.63, 3.8) is 0 Å². The summed E-state index contributed by atoms with van der Waals surface area (Å²) in [4.78, 5) is 15.4. The molecule has 3 atom stereocenters. The first kappa shape index (κ1) is 19.7. The molecule has 1 N–H and O–H groups in total. The fourth-order valence-electron chi connectivity index (χ4n) is 5.20. The van der Waals surface area contributed by atoms with Crippen molar-refractivity contribution in [1.82, 2.24) is 19.9 Å². The number of hydrogen-bond acceptors (Lipinski definition) is 4. The van der Waals surface area contributed by atoms with Gasteiger partial charge in [0.1, 0.15) is 0 Å². The number of aryl methyl sites for hydroxylation is 1. The van der Waals surface area contributed by atoms with Crippen LogP contribution in [0.25, 0.3) is 0 Å². The lowest BCUT2D eigenvalue weighted by Crippen LogP contribution is -2.51. The van der Waals surface area contributed by atoms with Crippen molar-refractivity contribution >= 4 is 5.91 Å². The van der Waals surface area contributed by atoms with E-state index in [0.29, 0.717) is 18.9 Å². The smallest absolute Gasteiger partial charge is 0.226 e. The van der Waals surface area contributed by atoms with Crippen LogP contribution in [0.5, 0.6) is 0 Å². The van der Waals surface area contributed by atoms with E-state index in [0.717, 1.165) is 36.9 Å². The molecule has 5 rings (SSSR count). The van der Waals surface area contributed by atoms with Crippen molar-refractivity contribution in [2.45, 2.75) is 82.4 Å². The second-order valence-corrected chi connectivity index (χ2v) is 9.52. The van der Waals surface area contributed by atoms with Crippen LogP contribution in [0.15, 0.2) is 30.5 Å². The summed E-state index contributed by atoms with van der Waals surface area (Å²) in [6.45, 7) is 2.44. The molecule has 3 fully saturated rings. The third-order valence-electron chi connectivity index (χ3n) is 7.23. The zero-order chi connectivity index (χ0) is 20.7. The molecule has 30 heavy (non-hydrogen) atoms. The lowest BCUT2D eigenvalue weighted by atomic mass is 9.84. The molecular weight excluding hydrogens is 376 g/mol. The molecule has 1 amide bonds. The molecule has 1 saturated heterocycles. The predicted molar refractivity (Wildman–Crippen MR) is 114 cm³/mol. The maximum absolute atomic E-state index is 13.5. The summed E-state index contributed by atoms with van der Waals surface area (Å²) in [5, 5.41) is 19.7. The Morgan fingerprint density at radius 3 is 2.50 bits per heavy atom. The number of aliphatic hydroxyl groups is 1. The van der Waals surface area contributed by atoms with Gasteiger partial charge in [-0.2, -0.15) is 0 Å². The van der Waals surface area contributed by atoms with Crippen LogP contribution in [0, 0.1) is 12.8 Å². The number of likely N-dealkylation sites (tertiary alicyclic amines) is 1. The molecule has 0 bridgehead atoms. The van der Waals surface area contributed by atoms with Crippen molar-refractivity contribution in [1.29, 1.82) is 0 Å². The van der Waals surface area contributed by atoms with E-state index < -0.39 is 6.10 Å². The van der Waals surface area contributed by atoms with Crippen molar-refractivity contribution in [3.8, 4) is 0 Å². The van der Waals surface area contributed by atoms with Gasteiger partial charge < -0.3 is 10.0 Å². The summed E-state index contributed by atoms with van der Waals surface area (Å²) in [5.41, 5.74) is 3.39. The van der Waals surface area contributed by atoms with E-state index in [2.05, 4.69) is 41.5 Å². The number of nitrogens with zero attached hydrogens (tertiary/aromatic N) is 4. The monoisotopic (exact) mass is 408 g/mol. The quantitative estimate of drug-likeness (QED) is 0.832. The molecular formula is C24H32N4O2. The average molecular weight is 409 g/mol. The van der Waals surface area contributed by atoms with Gasteiger partial charge in [0.15, 0.2) is 0 Å². The number of amides is 1. The molecule has 2 aromatic rings. The third kappa shape index (κ3) is 3.89. The Morgan fingerprint density at radius 1 is 1.07 bits per heavy atom. The number of benzene rings is 1. The molecule has 2 heterocycles. The van der Waals surface area contributed by atoms with Gasteiger partial charge in [0, 0.05) is 24.6 Å². The summed E-state index contributed by atoms with van der Waals surface area (Å²) < 4.78 is 1.85. The Balaban J connectivity index is 1.43. The van der Waals surface area contributed by atoms with Crippen molar-refractivity contribution in [2.75, 3.05) is 6.54 Å². The number of rotatable bonds is 4. The summed E-state index contributed by atoms with van der Waals surface area (Å²) in [6.07, 6.45) is 9.85. The van der Waals surface area contributed by atoms with E-state index in [-0.39, 0.29) is 23.9 Å². The average Bonchev–Trinajstić information content (AvgIpc) is 3.51. The molecule has 6 heteroatoms. The van der Waals surface area contributed by atoms with Gasteiger partial charge >= 0.3 is 0 Å². The first-order valence-electron chi connectivity index (χ1n) is 11.6. The van der Waals surface area contributed by atoms with Gasteiger partial charge in [-0.3, -0.25) is 4.79 Å². The largest absolute Gasteiger partial charge is 0.389 e. The first-order valence-corrected chi connectivity index (χ1v) is 11.6. The molecule has 3 aliphatic rings. The molecule has 1 aromatic heterocycles. The molecule has 1 aliphatic heterocycles. The van der Waals surface area contributed by atoms with Gasteiger partial charge in [-0.05, 0) is 44.6 Å². The maximum Gasteiger partial charge on any atom is 0.226 e. The summed E-state index contributed by atoms with van der Waals surface area (Å²) >= 11 is 0.